The minimum absolute atomic E-state index is 0.389. The zero-order valence-electron chi connectivity index (χ0n) is 10.2. The first-order valence-electron chi connectivity index (χ1n) is 6.18. The average molecular weight is 256 g/mol. The first-order valence-corrected chi connectivity index (χ1v) is 6.18. The molecule has 3 aromatic rings. The summed E-state index contributed by atoms with van der Waals surface area (Å²) in [6.07, 6.45) is 5.55. The van der Waals surface area contributed by atoms with E-state index in [9.17, 15) is 0 Å². The predicted molar refractivity (Wildman–Crippen MR) is 67.3 cm³/mol. The van der Waals surface area contributed by atoms with Crippen molar-refractivity contribution in [3.63, 3.8) is 0 Å². The molecule has 7 heteroatoms. The van der Waals surface area contributed by atoms with E-state index in [0.29, 0.717) is 29.4 Å². The van der Waals surface area contributed by atoms with Crippen LogP contribution in [0.1, 0.15) is 30.2 Å². The van der Waals surface area contributed by atoms with Gasteiger partial charge in [-0.05, 0) is 12.8 Å². The number of hydrogen-bond acceptors (Lipinski definition) is 6. The van der Waals surface area contributed by atoms with E-state index in [0.717, 1.165) is 11.5 Å². The SMILES string of the molecule is Nc1ncnc2c1ncn2Cc1cc(C2CC2)no1. The second-order valence-electron chi connectivity index (χ2n) is 4.80. The molecular weight excluding hydrogens is 244 g/mol. The van der Waals surface area contributed by atoms with Gasteiger partial charge in [0, 0.05) is 12.0 Å². The minimum atomic E-state index is 0.389. The Hall–Kier alpha value is -2.44. The van der Waals surface area contributed by atoms with E-state index in [-0.39, 0.29) is 0 Å². The van der Waals surface area contributed by atoms with Crippen LogP contribution in [0, 0.1) is 0 Å². The number of nitrogens with two attached hydrogens (primary N) is 1. The van der Waals surface area contributed by atoms with Gasteiger partial charge >= 0.3 is 0 Å². The molecule has 7 nitrogen and oxygen atoms in total. The maximum Gasteiger partial charge on any atom is 0.165 e. The lowest BCUT2D eigenvalue weighted by Gasteiger charge is -1.99. The van der Waals surface area contributed by atoms with Gasteiger partial charge in [0.2, 0.25) is 0 Å². The first-order chi connectivity index (χ1) is 9.31. The van der Waals surface area contributed by atoms with Gasteiger partial charge in [0.05, 0.1) is 18.6 Å². The van der Waals surface area contributed by atoms with Crippen molar-refractivity contribution in [2.24, 2.45) is 0 Å². The molecule has 1 saturated carbocycles. The van der Waals surface area contributed by atoms with E-state index in [1.54, 1.807) is 6.33 Å². The molecule has 0 radical (unpaired) electrons. The van der Waals surface area contributed by atoms with Crippen molar-refractivity contribution in [1.29, 1.82) is 0 Å². The van der Waals surface area contributed by atoms with Gasteiger partial charge in [-0.25, -0.2) is 15.0 Å². The molecule has 19 heavy (non-hydrogen) atoms. The third-order valence-corrected chi connectivity index (χ3v) is 3.33. The maximum absolute atomic E-state index is 5.75. The summed E-state index contributed by atoms with van der Waals surface area (Å²) in [7, 11) is 0. The van der Waals surface area contributed by atoms with Crippen LogP contribution in [-0.4, -0.2) is 24.7 Å². The predicted octanol–water partition coefficient (Wildman–Crippen LogP) is 1.32. The number of aromatic nitrogens is 5. The monoisotopic (exact) mass is 256 g/mol. The summed E-state index contributed by atoms with van der Waals surface area (Å²) in [5.41, 5.74) is 8.12. The van der Waals surface area contributed by atoms with E-state index in [1.807, 2.05) is 10.6 Å². The molecule has 0 spiro atoms. The Balaban J connectivity index is 1.68. The van der Waals surface area contributed by atoms with Crippen LogP contribution in [0.15, 0.2) is 23.2 Å². The molecule has 1 fully saturated rings. The van der Waals surface area contributed by atoms with Crippen LogP contribution in [0.5, 0.6) is 0 Å². The summed E-state index contributed by atoms with van der Waals surface area (Å²) in [6.45, 7) is 0.548. The third-order valence-electron chi connectivity index (χ3n) is 3.33. The number of anilines is 1. The van der Waals surface area contributed by atoms with Crippen molar-refractivity contribution >= 4 is 17.0 Å². The summed E-state index contributed by atoms with van der Waals surface area (Å²) < 4.78 is 7.22. The summed E-state index contributed by atoms with van der Waals surface area (Å²) in [5, 5.41) is 4.09. The second-order valence-corrected chi connectivity index (χ2v) is 4.80. The quantitative estimate of drug-likeness (QED) is 0.759. The lowest BCUT2D eigenvalue weighted by Crippen LogP contribution is -1.99. The Bertz CT molecular complexity index is 742. The molecule has 4 rings (SSSR count). The highest BCUT2D eigenvalue weighted by Gasteiger charge is 2.27. The summed E-state index contributed by atoms with van der Waals surface area (Å²) >= 11 is 0. The van der Waals surface area contributed by atoms with E-state index in [4.69, 9.17) is 10.3 Å². The van der Waals surface area contributed by atoms with Crippen LogP contribution in [0.3, 0.4) is 0 Å². The van der Waals surface area contributed by atoms with Crippen LogP contribution >= 0.6 is 0 Å². The van der Waals surface area contributed by atoms with Crippen molar-refractivity contribution in [3.8, 4) is 0 Å². The van der Waals surface area contributed by atoms with Crippen LogP contribution < -0.4 is 5.73 Å². The fourth-order valence-corrected chi connectivity index (χ4v) is 2.16. The molecule has 2 N–H and O–H groups in total. The van der Waals surface area contributed by atoms with Gasteiger partial charge in [0.15, 0.2) is 17.2 Å². The second kappa shape index (κ2) is 3.78. The van der Waals surface area contributed by atoms with Crippen LogP contribution in [-0.2, 0) is 6.54 Å². The summed E-state index contributed by atoms with van der Waals surface area (Å²) in [5.74, 6) is 1.79. The van der Waals surface area contributed by atoms with Gasteiger partial charge in [-0.2, -0.15) is 0 Å². The highest BCUT2D eigenvalue weighted by Crippen LogP contribution is 2.39. The lowest BCUT2D eigenvalue weighted by molar-refractivity contribution is 0.371. The molecule has 0 aliphatic heterocycles. The van der Waals surface area contributed by atoms with Crippen molar-refractivity contribution in [1.82, 2.24) is 24.7 Å². The fourth-order valence-electron chi connectivity index (χ4n) is 2.16. The molecule has 0 aromatic carbocycles. The molecule has 0 bridgehead atoms. The average Bonchev–Trinajstić information content (AvgIpc) is 3.02. The zero-order chi connectivity index (χ0) is 12.8. The third kappa shape index (κ3) is 1.74. The van der Waals surface area contributed by atoms with Crippen LogP contribution in [0.25, 0.3) is 11.2 Å². The number of nitrogen functional groups attached to an aromatic ring is 1. The van der Waals surface area contributed by atoms with Gasteiger partial charge in [0.25, 0.3) is 0 Å². The molecule has 0 atom stereocenters. The summed E-state index contributed by atoms with van der Waals surface area (Å²) in [4.78, 5) is 12.3. The molecule has 96 valence electrons. The Morgan fingerprint density at radius 3 is 3.05 bits per heavy atom. The molecule has 3 aromatic heterocycles. The van der Waals surface area contributed by atoms with Gasteiger partial charge in [-0.1, -0.05) is 5.16 Å². The molecule has 1 aliphatic rings. The van der Waals surface area contributed by atoms with Crippen LogP contribution in [0.2, 0.25) is 0 Å². The van der Waals surface area contributed by atoms with Crippen LogP contribution in [0.4, 0.5) is 5.82 Å². The largest absolute Gasteiger partial charge is 0.382 e. The van der Waals surface area contributed by atoms with Gasteiger partial charge in [0.1, 0.15) is 11.8 Å². The molecule has 1 aliphatic carbocycles. The van der Waals surface area contributed by atoms with E-state index in [1.165, 1.54) is 19.2 Å². The topological polar surface area (TPSA) is 95.7 Å². The van der Waals surface area contributed by atoms with Crippen molar-refractivity contribution in [2.45, 2.75) is 25.3 Å². The lowest BCUT2D eigenvalue weighted by atomic mass is 10.3. The van der Waals surface area contributed by atoms with E-state index in [2.05, 4.69) is 20.1 Å². The Labute approximate surface area is 108 Å². The molecule has 0 saturated heterocycles. The van der Waals surface area contributed by atoms with Gasteiger partial charge < -0.3 is 14.8 Å². The Kier molecular flexibility index (Phi) is 2.08. The Morgan fingerprint density at radius 1 is 1.32 bits per heavy atom. The molecule has 0 unspecified atom stereocenters. The normalized spacial score (nSPS) is 15.2. The number of hydrogen-bond donors (Lipinski definition) is 1. The van der Waals surface area contributed by atoms with Crippen molar-refractivity contribution in [2.75, 3.05) is 5.73 Å². The minimum Gasteiger partial charge on any atom is -0.382 e. The van der Waals surface area contributed by atoms with Crippen molar-refractivity contribution < 1.29 is 4.52 Å². The summed E-state index contributed by atoms with van der Waals surface area (Å²) in [6, 6.07) is 2.01. The fraction of sp³-hybridized carbons (Fsp3) is 0.333. The van der Waals surface area contributed by atoms with Gasteiger partial charge in [-0.3, -0.25) is 0 Å². The Morgan fingerprint density at radius 2 is 2.21 bits per heavy atom. The first kappa shape index (κ1) is 10.5. The number of imidazole rings is 1. The smallest absolute Gasteiger partial charge is 0.165 e. The number of nitrogens with zero attached hydrogens (tertiary/aromatic N) is 5. The molecule has 3 heterocycles. The van der Waals surface area contributed by atoms with E-state index >= 15 is 0 Å². The molecule has 0 amide bonds. The maximum atomic E-state index is 5.75. The standard InChI is InChI=1S/C12H12N6O/c13-11-10-12(15-5-14-11)18(6-16-10)4-8-3-9(17-19-8)7-1-2-7/h3,5-7H,1-2,4H2,(H2,13,14,15). The van der Waals surface area contributed by atoms with E-state index < -0.39 is 0 Å². The number of fused-ring (bicyclic) bond motifs is 1. The van der Waals surface area contributed by atoms with Crippen molar-refractivity contribution in [3.05, 3.63) is 30.2 Å². The number of rotatable bonds is 3. The molecular formula is C12H12N6O. The van der Waals surface area contributed by atoms with Gasteiger partial charge in [-0.15, -0.1) is 0 Å². The highest BCUT2D eigenvalue weighted by molar-refractivity contribution is 5.81. The zero-order valence-corrected chi connectivity index (χ0v) is 10.2. The highest BCUT2D eigenvalue weighted by atomic mass is 16.5.